The molecule has 0 bridgehead atoms. The van der Waals surface area contributed by atoms with Crippen LogP contribution in [0.25, 0.3) is 0 Å². The Morgan fingerprint density at radius 1 is 0.714 bits per heavy atom. The normalized spacial score (nSPS) is 29.2. The third kappa shape index (κ3) is 9.02. The highest BCUT2D eigenvalue weighted by Gasteiger charge is 2.27. The van der Waals surface area contributed by atoms with Crippen LogP contribution in [-0.2, 0) is 0 Å². The molecule has 164 valence electrons. The zero-order chi connectivity index (χ0) is 20.6. The van der Waals surface area contributed by atoms with Crippen molar-refractivity contribution in [2.75, 3.05) is 13.2 Å². The van der Waals surface area contributed by atoms with Gasteiger partial charge in [-0.2, -0.15) is 23.5 Å². The Hall–Kier alpha value is 0.360. The van der Waals surface area contributed by atoms with Crippen LogP contribution in [0.15, 0.2) is 12.2 Å². The lowest BCUT2D eigenvalue weighted by Gasteiger charge is -2.22. The highest BCUT2D eigenvalue weighted by atomic mass is 32.2. The SMILES string of the molecule is CC(C)(CO)CCCC1CCC(C=CC2CCC(CCCC(C)(C)CO)S2)S1. The Morgan fingerprint density at radius 2 is 1.11 bits per heavy atom. The molecule has 2 saturated heterocycles. The number of rotatable bonds is 12. The second kappa shape index (κ2) is 11.7. The molecule has 0 amide bonds. The molecule has 2 fully saturated rings. The van der Waals surface area contributed by atoms with Crippen molar-refractivity contribution in [3.8, 4) is 0 Å². The molecular weight excluding hydrogens is 384 g/mol. The molecule has 28 heavy (non-hydrogen) atoms. The van der Waals surface area contributed by atoms with E-state index in [1.165, 1.54) is 51.4 Å². The topological polar surface area (TPSA) is 40.5 Å². The van der Waals surface area contributed by atoms with Crippen LogP contribution in [0.4, 0.5) is 0 Å². The van der Waals surface area contributed by atoms with E-state index in [9.17, 15) is 10.2 Å². The van der Waals surface area contributed by atoms with E-state index in [0.29, 0.717) is 13.2 Å². The van der Waals surface area contributed by atoms with Crippen molar-refractivity contribution >= 4 is 23.5 Å². The lowest BCUT2D eigenvalue weighted by molar-refractivity contribution is 0.147. The molecule has 0 aromatic rings. The van der Waals surface area contributed by atoms with Crippen LogP contribution in [0.5, 0.6) is 0 Å². The Kier molecular flexibility index (Phi) is 10.3. The zero-order valence-corrected chi connectivity index (χ0v) is 20.3. The maximum atomic E-state index is 9.39. The molecule has 0 spiro atoms. The predicted octanol–water partition coefficient (Wildman–Crippen LogP) is 6.45. The van der Waals surface area contributed by atoms with Crippen molar-refractivity contribution in [2.45, 2.75) is 113 Å². The zero-order valence-electron chi connectivity index (χ0n) is 18.7. The van der Waals surface area contributed by atoms with Gasteiger partial charge in [-0.05, 0) is 62.2 Å². The van der Waals surface area contributed by atoms with Gasteiger partial charge >= 0.3 is 0 Å². The number of aliphatic hydroxyl groups excluding tert-OH is 2. The molecule has 2 nitrogen and oxygen atoms in total. The predicted molar refractivity (Wildman–Crippen MR) is 127 cm³/mol. The summed E-state index contributed by atoms with van der Waals surface area (Å²) in [7, 11) is 0. The van der Waals surface area contributed by atoms with Gasteiger partial charge in [0.1, 0.15) is 0 Å². The fraction of sp³-hybridized carbons (Fsp3) is 0.917. The van der Waals surface area contributed by atoms with E-state index in [1.54, 1.807) is 0 Å². The average molecular weight is 429 g/mol. The first-order valence-electron chi connectivity index (χ1n) is 11.4. The number of thioether (sulfide) groups is 2. The van der Waals surface area contributed by atoms with Gasteiger partial charge in [0.25, 0.3) is 0 Å². The monoisotopic (exact) mass is 428 g/mol. The first kappa shape index (κ1) is 24.6. The van der Waals surface area contributed by atoms with Crippen molar-refractivity contribution in [1.29, 1.82) is 0 Å². The van der Waals surface area contributed by atoms with E-state index in [4.69, 9.17) is 0 Å². The minimum absolute atomic E-state index is 0.0899. The first-order chi connectivity index (χ1) is 13.2. The highest BCUT2D eigenvalue weighted by molar-refractivity contribution is 8.01. The van der Waals surface area contributed by atoms with Gasteiger partial charge < -0.3 is 10.2 Å². The van der Waals surface area contributed by atoms with Crippen LogP contribution in [0, 0.1) is 10.8 Å². The fourth-order valence-electron chi connectivity index (χ4n) is 4.20. The number of hydrogen-bond acceptors (Lipinski definition) is 4. The van der Waals surface area contributed by atoms with E-state index in [0.717, 1.165) is 33.8 Å². The first-order valence-corrected chi connectivity index (χ1v) is 13.3. The molecule has 2 aliphatic rings. The van der Waals surface area contributed by atoms with Gasteiger partial charge in [-0.3, -0.25) is 0 Å². The Balaban J connectivity index is 1.60. The summed E-state index contributed by atoms with van der Waals surface area (Å²) < 4.78 is 0. The minimum Gasteiger partial charge on any atom is -0.396 e. The van der Waals surface area contributed by atoms with Crippen molar-refractivity contribution in [1.82, 2.24) is 0 Å². The molecule has 2 heterocycles. The summed E-state index contributed by atoms with van der Waals surface area (Å²) in [6.07, 6.45) is 17.8. The van der Waals surface area contributed by atoms with E-state index >= 15 is 0 Å². The van der Waals surface area contributed by atoms with Crippen LogP contribution >= 0.6 is 23.5 Å². The highest BCUT2D eigenvalue weighted by Crippen LogP contribution is 2.41. The van der Waals surface area contributed by atoms with Crippen molar-refractivity contribution in [3.63, 3.8) is 0 Å². The van der Waals surface area contributed by atoms with Crippen LogP contribution in [-0.4, -0.2) is 44.4 Å². The van der Waals surface area contributed by atoms with Crippen LogP contribution in [0.2, 0.25) is 0 Å². The quantitative estimate of drug-likeness (QED) is 0.350. The van der Waals surface area contributed by atoms with Gasteiger partial charge in [0.2, 0.25) is 0 Å². The van der Waals surface area contributed by atoms with Crippen molar-refractivity contribution < 1.29 is 10.2 Å². The molecule has 4 atom stereocenters. The van der Waals surface area contributed by atoms with E-state index in [2.05, 4.69) is 63.4 Å². The Morgan fingerprint density at radius 3 is 1.46 bits per heavy atom. The van der Waals surface area contributed by atoms with Crippen molar-refractivity contribution in [2.24, 2.45) is 10.8 Å². The second-order valence-corrected chi connectivity index (χ2v) is 13.7. The molecule has 2 aliphatic heterocycles. The maximum Gasteiger partial charge on any atom is 0.0482 e. The van der Waals surface area contributed by atoms with E-state index in [-0.39, 0.29) is 10.8 Å². The van der Waals surface area contributed by atoms with Crippen LogP contribution in [0.3, 0.4) is 0 Å². The number of aliphatic hydroxyl groups is 2. The summed E-state index contributed by atoms with van der Waals surface area (Å²) >= 11 is 4.38. The third-order valence-electron chi connectivity index (χ3n) is 6.44. The van der Waals surface area contributed by atoms with Gasteiger partial charge in [-0.25, -0.2) is 0 Å². The Labute approximate surface area is 182 Å². The van der Waals surface area contributed by atoms with E-state index in [1.807, 2.05) is 0 Å². The van der Waals surface area contributed by atoms with Gasteiger partial charge in [0.05, 0.1) is 0 Å². The van der Waals surface area contributed by atoms with Gasteiger partial charge in [-0.1, -0.05) is 52.7 Å². The molecule has 4 heteroatoms. The molecular formula is C24H44O2S2. The lowest BCUT2D eigenvalue weighted by Crippen LogP contribution is -2.16. The lowest BCUT2D eigenvalue weighted by atomic mass is 9.88. The summed E-state index contributed by atoms with van der Waals surface area (Å²) in [5.74, 6) is 0. The van der Waals surface area contributed by atoms with E-state index < -0.39 is 0 Å². The second-order valence-electron chi connectivity index (χ2n) is 10.6. The summed E-state index contributed by atoms with van der Waals surface area (Å²) in [5.41, 5.74) is 0.180. The fourth-order valence-corrected chi connectivity index (χ4v) is 7.24. The molecule has 0 saturated carbocycles. The molecule has 0 aromatic heterocycles. The standard InChI is InChI=1S/C24H44O2S2/c1-23(2,17-25)15-5-7-19-9-11-21(27-19)13-14-22-12-10-20(28-22)8-6-16-24(3,4)18-26/h13-14,19-22,25-26H,5-12,15-18H2,1-4H3. The van der Waals surface area contributed by atoms with Gasteiger partial charge in [0, 0.05) is 34.2 Å². The smallest absolute Gasteiger partial charge is 0.0482 e. The van der Waals surface area contributed by atoms with Crippen molar-refractivity contribution in [3.05, 3.63) is 12.2 Å². The van der Waals surface area contributed by atoms with Gasteiger partial charge in [0.15, 0.2) is 0 Å². The molecule has 2 rings (SSSR count). The largest absolute Gasteiger partial charge is 0.396 e. The summed E-state index contributed by atoms with van der Waals surface area (Å²) in [6, 6.07) is 0. The summed E-state index contributed by atoms with van der Waals surface area (Å²) in [6.45, 7) is 9.27. The summed E-state index contributed by atoms with van der Waals surface area (Å²) in [4.78, 5) is 0. The molecule has 2 N–H and O–H groups in total. The molecule has 0 aromatic carbocycles. The molecule has 0 radical (unpaired) electrons. The maximum absolute atomic E-state index is 9.39. The molecule has 0 aliphatic carbocycles. The Bertz CT molecular complexity index is 433. The summed E-state index contributed by atoms with van der Waals surface area (Å²) in [5, 5.41) is 21.9. The van der Waals surface area contributed by atoms with Gasteiger partial charge in [-0.15, -0.1) is 0 Å². The number of hydrogen-bond donors (Lipinski definition) is 2. The average Bonchev–Trinajstić information content (AvgIpc) is 3.29. The van der Waals surface area contributed by atoms with Crippen LogP contribution < -0.4 is 0 Å². The molecule has 4 unspecified atom stereocenters. The van der Waals surface area contributed by atoms with Crippen LogP contribution in [0.1, 0.15) is 91.9 Å². The minimum atomic E-state index is 0.0899. The third-order valence-corrected chi connectivity index (χ3v) is 9.63.